The molecule has 6 heteroatoms. The van der Waals surface area contributed by atoms with Gasteiger partial charge in [0.25, 0.3) is 0 Å². The number of hydrogen-bond acceptors (Lipinski definition) is 4. The first-order valence-electron chi connectivity index (χ1n) is 3.14. The molecule has 0 unspecified atom stereocenters. The summed E-state index contributed by atoms with van der Waals surface area (Å²) in [6.07, 6.45) is 0. The van der Waals surface area contributed by atoms with Crippen LogP contribution >= 0.6 is 0 Å². The second kappa shape index (κ2) is 7.45. The van der Waals surface area contributed by atoms with E-state index in [1.54, 1.807) is 0 Å². The van der Waals surface area contributed by atoms with Crippen molar-refractivity contribution in [1.29, 1.82) is 0 Å². The average molecular weight is 210 g/mol. The van der Waals surface area contributed by atoms with Gasteiger partial charge in [-0.3, -0.25) is 0 Å². The third kappa shape index (κ3) is 4.13. The second-order valence-corrected chi connectivity index (χ2v) is 2.12. The number of carboxylic acid groups (broad SMARTS) is 2. The molecular formula is C8H4Na2O4. The van der Waals surface area contributed by atoms with E-state index in [1.165, 1.54) is 12.1 Å². The van der Waals surface area contributed by atoms with Crippen LogP contribution in [0.25, 0.3) is 0 Å². The fourth-order valence-corrected chi connectivity index (χ4v) is 0.839. The van der Waals surface area contributed by atoms with E-state index in [2.05, 4.69) is 0 Å². The fourth-order valence-electron chi connectivity index (χ4n) is 0.839. The number of rotatable bonds is 2. The summed E-state index contributed by atoms with van der Waals surface area (Å²) in [6.45, 7) is 0. The average Bonchev–Trinajstić information content (AvgIpc) is 2.04. The first kappa shape index (κ1) is 16.6. The first-order valence-corrected chi connectivity index (χ1v) is 3.14. The van der Waals surface area contributed by atoms with Crippen molar-refractivity contribution in [3.05, 3.63) is 35.4 Å². The van der Waals surface area contributed by atoms with E-state index >= 15 is 0 Å². The van der Waals surface area contributed by atoms with E-state index in [0.29, 0.717) is 0 Å². The van der Waals surface area contributed by atoms with Gasteiger partial charge in [-0.25, -0.2) is 0 Å². The Balaban J connectivity index is 0. The molecular weight excluding hydrogens is 206 g/mol. The minimum Gasteiger partial charge on any atom is -0.545 e. The molecule has 0 atom stereocenters. The smallest absolute Gasteiger partial charge is 0.545 e. The van der Waals surface area contributed by atoms with Gasteiger partial charge in [0.05, 0.1) is 11.9 Å². The van der Waals surface area contributed by atoms with Gasteiger partial charge in [0.15, 0.2) is 0 Å². The summed E-state index contributed by atoms with van der Waals surface area (Å²) < 4.78 is 0. The summed E-state index contributed by atoms with van der Waals surface area (Å²) in [5.41, 5.74) is -0.727. The number of carboxylic acids is 2. The van der Waals surface area contributed by atoms with E-state index in [9.17, 15) is 19.8 Å². The third-order valence-corrected chi connectivity index (χ3v) is 1.37. The van der Waals surface area contributed by atoms with Gasteiger partial charge < -0.3 is 19.8 Å². The maximum atomic E-state index is 10.3. The topological polar surface area (TPSA) is 80.3 Å². The minimum atomic E-state index is -1.52. The van der Waals surface area contributed by atoms with Crippen molar-refractivity contribution in [2.45, 2.75) is 0 Å². The molecule has 0 aliphatic carbocycles. The Morgan fingerprint density at radius 3 is 1.36 bits per heavy atom. The third-order valence-electron chi connectivity index (χ3n) is 1.37. The van der Waals surface area contributed by atoms with E-state index in [4.69, 9.17) is 0 Å². The molecule has 0 saturated heterocycles. The molecule has 0 heterocycles. The zero-order valence-electron chi connectivity index (χ0n) is 7.94. The predicted molar refractivity (Wildman–Crippen MR) is 35.1 cm³/mol. The summed E-state index contributed by atoms with van der Waals surface area (Å²) in [7, 11) is 0. The maximum Gasteiger partial charge on any atom is 1.00 e. The molecule has 0 spiro atoms. The zero-order valence-corrected chi connectivity index (χ0v) is 11.9. The van der Waals surface area contributed by atoms with Crippen LogP contribution in [0.3, 0.4) is 0 Å². The van der Waals surface area contributed by atoms with Crippen molar-refractivity contribution < 1.29 is 78.9 Å². The summed E-state index contributed by atoms with van der Waals surface area (Å²) in [5.74, 6) is -3.04. The normalized spacial score (nSPS) is 8.00. The van der Waals surface area contributed by atoms with Gasteiger partial charge in [-0.05, 0) is 0 Å². The Labute approximate surface area is 125 Å². The summed E-state index contributed by atoms with van der Waals surface area (Å²) in [5, 5.41) is 20.6. The monoisotopic (exact) mass is 210 g/mol. The molecule has 0 fully saturated rings. The van der Waals surface area contributed by atoms with E-state index in [1.807, 2.05) is 0 Å². The first-order chi connectivity index (χ1) is 5.63. The molecule has 4 nitrogen and oxygen atoms in total. The quantitative estimate of drug-likeness (QED) is 0.454. The number of carbonyl (C=O) groups excluding carboxylic acids is 2. The maximum absolute atomic E-state index is 10.3. The van der Waals surface area contributed by atoms with Crippen LogP contribution in [0.5, 0.6) is 0 Å². The van der Waals surface area contributed by atoms with E-state index < -0.39 is 11.9 Å². The molecule has 0 radical (unpaired) electrons. The van der Waals surface area contributed by atoms with Crippen LogP contribution in [-0.2, 0) is 0 Å². The number of hydrogen-bond donors (Lipinski definition) is 0. The molecule has 1 aromatic carbocycles. The standard InChI is InChI=1S/C8H6O4.2Na/c9-7(10)5-3-1-2-4-6(5)8(11)12;;/h1-4H,(H,9,10)(H,11,12);;/q;2*+1/p-2. The fraction of sp³-hybridized carbons (Fsp3) is 0. The SMILES string of the molecule is O=C([O-])c1ccccc1C(=O)[O-].[Na+].[Na+]. The molecule has 0 saturated carbocycles. The van der Waals surface area contributed by atoms with Gasteiger partial charge in [-0.1, -0.05) is 24.3 Å². The van der Waals surface area contributed by atoms with Gasteiger partial charge in [0, 0.05) is 11.1 Å². The van der Waals surface area contributed by atoms with E-state index in [-0.39, 0.29) is 70.2 Å². The van der Waals surface area contributed by atoms with Crippen LogP contribution in [0.2, 0.25) is 0 Å². The molecule has 0 aliphatic rings. The van der Waals surface area contributed by atoms with Crippen LogP contribution in [0.4, 0.5) is 0 Å². The molecule has 0 amide bonds. The number of aromatic carboxylic acids is 2. The van der Waals surface area contributed by atoms with Crippen LogP contribution in [0, 0.1) is 0 Å². The molecule has 14 heavy (non-hydrogen) atoms. The second-order valence-electron chi connectivity index (χ2n) is 2.12. The molecule has 0 N–H and O–H groups in total. The molecule has 1 aromatic rings. The van der Waals surface area contributed by atoms with Crippen molar-refractivity contribution in [2.24, 2.45) is 0 Å². The minimum absolute atomic E-state index is 0. The van der Waals surface area contributed by atoms with Crippen molar-refractivity contribution in [1.82, 2.24) is 0 Å². The largest absolute Gasteiger partial charge is 1.00 e. The predicted octanol–water partition coefficient (Wildman–Crippen LogP) is -7.58. The molecule has 0 aromatic heterocycles. The van der Waals surface area contributed by atoms with Crippen LogP contribution in [0.1, 0.15) is 20.7 Å². The Morgan fingerprint density at radius 2 is 1.14 bits per heavy atom. The molecule has 1 rings (SSSR count). The van der Waals surface area contributed by atoms with Crippen molar-refractivity contribution >= 4 is 11.9 Å². The number of carbonyl (C=O) groups is 2. The van der Waals surface area contributed by atoms with Gasteiger partial charge in [0.2, 0.25) is 0 Å². The van der Waals surface area contributed by atoms with Gasteiger partial charge in [-0.15, -0.1) is 0 Å². The van der Waals surface area contributed by atoms with E-state index in [0.717, 1.165) is 12.1 Å². The Morgan fingerprint density at radius 1 is 0.857 bits per heavy atom. The van der Waals surface area contributed by atoms with Crippen molar-refractivity contribution in [3.63, 3.8) is 0 Å². The summed E-state index contributed by atoms with van der Waals surface area (Å²) >= 11 is 0. The van der Waals surface area contributed by atoms with Crippen LogP contribution < -0.4 is 69.3 Å². The van der Waals surface area contributed by atoms with Crippen LogP contribution in [-0.4, -0.2) is 11.9 Å². The van der Waals surface area contributed by atoms with Gasteiger partial charge >= 0.3 is 59.1 Å². The summed E-state index contributed by atoms with van der Waals surface area (Å²) in [6, 6.07) is 5.14. The van der Waals surface area contributed by atoms with Gasteiger partial charge in [0.1, 0.15) is 0 Å². The van der Waals surface area contributed by atoms with Crippen molar-refractivity contribution in [3.8, 4) is 0 Å². The Hall–Kier alpha value is 0.160. The zero-order chi connectivity index (χ0) is 9.14. The number of benzene rings is 1. The van der Waals surface area contributed by atoms with Gasteiger partial charge in [-0.2, -0.15) is 0 Å². The van der Waals surface area contributed by atoms with Crippen LogP contribution in [0.15, 0.2) is 24.3 Å². The van der Waals surface area contributed by atoms with Crippen molar-refractivity contribution in [2.75, 3.05) is 0 Å². The summed E-state index contributed by atoms with van der Waals surface area (Å²) in [4.78, 5) is 20.6. The molecule has 0 aliphatic heterocycles. The Bertz CT molecular complexity index is 305. The molecule has 62 valence electrons. The Kier molecular flexibility index (Phi) is 8.83. The molecule has 0 bridgehead atoms.